The van der Waals surface area contributed by atoms with Gasteiger partial charge in [-0.25, -0.2) is 9.18 Å². The summed E-state index contributed by atoms with van der Waals surface area (Å²) in [5.41, 5.74) is 0.735. The molecule has 1 fully saturated rings. The normalized spacial score (nSPS) is 19.3. The zero-order valence-electron chi connectivity index (χ0n) is 10.4. The summed E-state index contributed by atoms with van der Waals surface area (Å²) in [7, 11) is 0. The van der Waals surface area contributed by atoms with Gasteiger partial charge in [-0.05, 0) is 30.7 Å². The van der Waals surface area contributed by atoms with Gasteiger partial charge in [-0.15, -0.1) is 0 Å². The number of nitrogens with zero attached hydrogens (tertiary/aromatic N) is 1. The molecule has 6 heteroatoms. The van der Waals surface area contributed by atoms with E-state index in [0.29, 0.717) is 17.7 Å². The maximum Gasteiger partial charge on any atom is 0.334 e. The summed E-state index contributed by atoms with van der Waals surface area (Å²) in [6.45, 7) is 2.10. The summed E-state index contributed by atoms with van der Waals surface area (Å²) in [5.74, 6) is -1.77. The number of carboxylic acid groups (broad SMARTS) is 1. The highest BCUT2D eigenvalue weighted by molar-refractivity contribution is 5.94. The molecule has 5 nitrogen and oxygen atoms in total. The van der Waals surface area contributed by atoms with Crippen LogP contribution in [0.15, 0.2) is 18.2 Å². The van der Waals surface area contributed by atoms with Crippen LogP contribution in [-0.4, -0.2) is 47.7 Å². The molecular weight excluding hydrogens is 253 g/mol. The van der Waals surface area contributed by atoms with Crippen LogP contribution in [0, 0.1) is 12.7 Å². The second-order valence-electron chi connectivity index (χ2n) is 4.41. The number of halogens is 1. The average Bonchev–Trinajstić information content (AvgIpc) is 2.41. The lowest BCUT2D eigenvalue weighted by atomic mass is 10.1. The third-order valence-electron chi connectivity index (χ3n) is 3.03. The smallest absolute Gasteiger partial charge is 0.334 e. The van der Waals surface area contributed by atoms with Gasteiger partial charge in [-0.1, -0.05) is 0 Å². The number of hydrogen-bond donors (Lipinski definition) is 1. The summed E-state index contributed by atoms with van der Waals surface area (Å²) >= 11 is 0. The van der Waals surface area contributed by atoms with Crippen LogP contribution in [0.1, 0.15) is 15.9 Å². The van der Waals surface area contributed by atoms with Crippen molar-refractivity contribution in [3.05, 3.63) is 35.1 Å². The number of rotatable bonds is 2. The maximum atomic E-state index is 13.1. The van der Waals surface area contributed by atoms with Crippen LogP contribution in [-0.2, 0) is 9.53 Å². The van der Waals surface area contributed by atoms with E-state index >= 15 is 0 Å². The summed E-state index contributed by atoms with van der Waals surface area (Å²) < 4.78 is 18.2. The Morgan fingerprint density at radius 1 is 1.47 bits per heavy atom. The van der Waals surface area contributed by atoms with Crippen molar-refractivity contribution in [2.45, 2.75) is 13.0 Å². The molecule has 1 unspecified atom stereocenters. The maximum absolute atomic E-state index is 13.1. The Bertz CT molecular complexity index is 517. The summed E-state index contributed by atoms with van der Waals surface area (Å²) in [6, 6.07) is 4.09. The average molecular weight is 267 g/mol. The van der Waals surface area contributed by atoms with Crippen molar-refractivity contribution in [2.75, 3.05) is 19.7 Å². The van der Waals surface area contributed by atoms with Crippen LogP contribution in [0.4, 0.5) is 4.39 Å². The van der Waals surface area contributed by atoms with E-state index in [1.54, 1.807) is 6.92 Å². The largest absolute Gasteiger partial charge is 0.479 e. The topological polar surface area (TPSA) is 66.8 Å². The number of aryl methyl sites for hydroxylation is 1. The number of morpholine rings is 1. The van der Waals surface area contributed by atoms with E-state index in [1.807, 2.05) is 0 Å². The minimum atomic E-state index is -1.09. The molecule has 1 atom stereocenters. The molecule has 1 aliphatic heterocycles. The summed E-state index contributed by atoms with van der Waals surface area (Å²) in [6.07, 6.45) is -1.00. The van der Waals surface area contributed by atoms with Crippen LogP contribution in [0.2, 0.25) is 0 Å². The number of carboxylic acids is 1. The van der Waals surface area contributed by atoms with Gasteiger partial charge in [-0.2, -0.15) is 0 Å². The molecule has 0 aromatic heterocycles. The van der Waals surface area contributed by atoms with Gasteiger partial charge in [0.2, 0.25) is 0 Å². The second kappa shape index (κ2) is 5.36. The number of hydrogen-bond acceptors (Lipinski definition) is 3. The second-order valence-corrected chi connectivity index (χ2v) is 4.41. The van der Waals surface area contributed by atoms with E-state index in [-0.39, 0.29) is 24.9 Å². The van der Waals surface area contributed by atoms with Crippen molar-refractivity contribution in [3.8, 4) is 0 Å². The quantitative estimate of drug-likeness (QED) is 0.870. The van der Waals surface area contributed by atoms with Crippen molar-refractivity contribution in [1.82, 2.24) is 4.90 Å². The lowest BCUT2D eigenvalue weighted by Crippen LogP contribution is -2.48. The number of carbonyl (C=O) groups is 2. The highest BCUT2D eigenvalue weighted by Gasteiger charge is 2.29. The van der Waals surface area contributed by atoms with Gasteiger partial charge in [0, 0.05) is 12.1 Å². The molecule has 19 heavy (non-hydrogen) atoms. The van der Waals surface area contributed by atoms with Gasteiger partial charge >= 0.3 is 5.97 Å². The van der Waals surface area contributed by atoms with Gasteiger partial charge in [0.05, 0.1) is 13.2 Å². The Kier molecular flexibility index (Phi) is 3.80. The van der Waals surface area contributed by atoms with Crippen LogP contribution >= 0.6 is 0 Å². The molecular formula is C13H14FNO4. The molecule has 102 valence electrons. The van der Waals surface area contributed by atoms with Crippen LogP contribution in [0.25, 0.3) is 0 Å². The van der Waals surface area contributed by atoms with E-state index < -0.39 is 12.1 Å². The SMILES string of the molecule is Cc1cc(C(=O)N2CCOC(C(=O)O)C2)ccc1F. The van der Waals surface area contributed by atoms with E-state index in [4.69, 9.17) is 9.84 Å². The standard InChI is InChI=1S/C13H14FNO4/c1-8-6-9(2-3-10(8)14)12(16)15-4-5-19-11(7-15)13(17)18/h2-3,6,11H,4-5,7H2,1H3,(H,17,18). The first-order valence-electron chi connectivity index (χ1n) is 5.89. The molecule has 1 aliphatic rings. The molecule has 1 aromatic carbocycles. The minimum absolute atomic E-state index is 0.00455. The molecule has 0 aliphatic carbocycles. The van der Waals surface area contributed by atoms with Gasteiger partial charge < -0.3 is 14.7 Å². The van der Waals surface area contributed by atoms with Gasteiger partial charge in [0.25, 0.3) is 5.91 Å². The zero-order valence-corrected chi connectivity index (χ0v) is 10.4. The summed E-state index contributed by atoms with van der Waals surface area (Å²) in [5, 5.41) is 8.88. The lowest BCUT2D eigenvalue weighted by Gasteiger charge is -2.31. The van der Waals surface area contributed by atoms with Gasteiger partial charge in [0.1, 0.15) is 5.82 Å². The molecule has 0 saturated carbocycles. The van der Waals surface area contributed by atoms with Gasteiger partial charge in [-0.3, -0.25) is 4.79 Å². The van der Waals surface area contributed by atoms with Crippen LogP contribution in [0.5, 0.6) is 0 Å². The number of carbonyl (C=O) groups excluding carboxylic acids is 1. The number of benzene rings is 1. The van der Waals surface area contributed by atoms with Crippen molar-refractivity contribution < 1.29 is 23.8 Å². The molecule has 0 radical (unpaired) electrons. The Balaban J connectivity index is 2.14. The van der Waals surface area contributed by atoms with Crippen molar-refractivity contribution >= 4 is 11.9 Å². The molecule has 1 amide bonds. The molecule has 1 N–H and O–H groups in total. The van der Waals surface area contributed by atoms with Crippen LogP contribution in [0.3, 0.4) is 0 Å². The summed E-state index contributed by atoms with van der Waals surface area (Å²) in [4.78, 5) is 24.4. The fourth-order valence-electron chi connectivity index (χ4n) is 1.94. The third-order valence-corrected chi connectivity index (χ3v) is 3.03. The highest BCUT2D eigenvalue weighted by atomic mass is 19.1. The molecule has 0 spiro atoms. The third kappa shape index (κ3) is 2.90. The molecule has 0 bridgehead atoms. The first kappa shape index (κ1) is 13.5. The Hall–Kier alpha value is -1.95. The van der Waals surface area contributed by atoms with Crippen molar-refractivity contribution in [1.29, 1.82) is 0 Å². The predicted molar refractivity (Wildman–Crippen MR) is 64.4 cm³/mol. The van der Waals surface area contributed by atoms with E-state index in [2.05, 4.69) is 0 Å². The molecule has 1 heterocycles. The van der Waals surface area contributed by atoms with E-state index in [1.165, 1.54) is 23.1 Å². The van der Waals surface area contributed by atoms with Crippen molar-refractivity contribution in [2.24, 2.45) is 0 Å². The Morgan fingerprint density at radius 3 is 2.84 bits per heavy atom. The first-order chi connectivity index (χ1) is 8.99. The number of aliphatic carboxylic acids is 1. The van der Waals surface area contributed by atoms with Crippen molar-refractivity contribution in [3.63, 3.8) is 0 Å². The predicted octanol–water partition coefficient (Wildman–Crippen LogP) is 1.06. The number of amides is 1. The fraction of sp³-hybridized carbons (Fsp3) is 0.385. The first-order valence-corrected chi connectivity index (χ1v) is 5.89. The van der Waals surface area contributed by atoms with Gasteiger partial charge in [0.15, 0.2) is 6.10 Å². The molecule has 1 saturated heterocycles. The lowest BCUT2D eigenvalue weighted by molar-refractivity contribution is -0.154. The zero-order chi connectivity index (χ0) is 14.0. The number of ether oxygens (including phenoxy) is 1. The fourth-order valence-corrected chi connectivity index (χ4v) is 1.94. The molecule has 1 aromatic rings. The van der Waals surface area contributed by atoms with Crippen LogP contribution < -0.4 is 0 Å². The van der Waals surface area contributed by atoms with E-state index in [9.17, 15) is 14.0 Å². The monoisotopic (exact) mass is 267 g/mol. The molecule has 2 rings (SSSR count). The highest BCUT2D eigenvalue weighted by Crippen LogP contribution is 2.14. The Labute approximate surface area is 109 Å². The van der Waals surface area contributed by atoms with E-state index in [0.717, 1.165) is 0 Å². The minimum Gasteiger partial charge on any atom is -0.479 e. The Morgan fingerprint density at radius 2 is 2.21 bits per heavy atom.